The van der Waals surface area contributed by atoms with Crippen LogP contribution in [0.15, 0.2) is 59.5 Å². The lowest BCUT2D eigenvalue weighted by Crippen LogP contribution is -2.35. The standard InChI is InChI=1S/C29H39N8O3S/c1-2-36-20-10-15-25(36)21-30-27-33-28(31-22-11-6-3-4-7-12-22)35-29(34-27)32-23-16-18-26(19-17-23)41(39,40)37(38)24-13-8-5-9-14-24/h5,8-9,13-14,16-19,22,25H,2-4,6-7,10-12,15,20-21H2,1H3,(H3,30,31,32,33,34,35)/q+1. The molecule has 1 aliphatic carbocycles. The second-order valence-corrected chi connectivity index (χ2v) is 12.4. The molecule has 5 rings (SSSR count). The van der Waals surface area contributed by atoms with Crippen molar-refractivity contribution in [3.05, 3.63) is 59.5 Å². The molecule has 1 unspecified atom stereocenters. The molecule has 41 heavy (non-hydrogen) atoms. The van der Waals surface area contributed by atoms with Gasteiger partial charge in [0.2, 0.25) is 17.8 Å². The molecule has 2 heterocycles. The summed E-state index contributed by atoms with van der Waals surface area (Å²) >= 11 is 0. The molecule has 11 nitrogen and oxygen atoms in total. The lowest BCUT2D eigenvalue weighted by atomic mass is 10.1. The maximum Gasteiger partial charge on any atom is 0.443 e. The first kappa shape index (κ1) is 28.9. The normalized spacial score (nSPS) is 18.5. The molecule has 3 aromatic rings. The number of benzene rings is 2. The molecule has 2 aliphatic rings. The fourth-order valence-electron chi connectivity index (χ4n) is 5.56. The summed E-state index contributed by atoms with van der Waals surface area (Å²) in [6, 6.07) is 14.6. The number of nitrogens with zero attached hydrogens (tertiary/aromatic N) is 5. The summed E-state index contributed by atoms with van der Waals surface area (Å²) in [6.07, 6.45) is 9.39. The topological polar surface area (TPSA) is 132 Å². The largest absolute Gasteiger partial charge is 0.443 e. The molecule has 218 valence electrons. The minimum Gasteiger partial charge on any atom is -0.352 e. The third kappa shape index (κ3) is 7.36. The number of hydrogen-bond acceptors (Lipinski definition) is 10. The van der Waals surface area contributed by atoms with Crippen LogP contribution in [-0.4, -0.2) is 64.2 Å². The Morgan fingerprint density at radius 3 is 2.24 bits per heavy atom. The second-order valence-electron chi connectivity index (χ2n) is 10.7. The van der Waals surface area contributed by atoms with Crippen molar-refractivity contribution in [3.63, 3.8) is 0 Å². The van der Waals surface area contributed by atoms with Crippen molar-refractivity contribution in [2.75, 3.05) is 35.6 Å². The van der Waals surface area contributed by atoms with E-state index in [9.17, 15) is 13.3 Å². The first-order chi connectivity index (χ1) is 19.9. The minimum atomic E-state index is -4.25. The second kappa shape index (κ2) is 13.3. The lowest BCUT2D eigenvalue weighted by molar-refractivity contribution is -0.286. The first-order valence-electron chi connectivity index (χ1n) is 14.6. The highest BCUT2D eigenvalue weighted by Crippen LogP contribution is 2.25. The quantitative estimate of drug-likeness (QED) is 0.199. The molecule has 1 saturated heterocycles. The predicted octanol–water partition coefficient (Wildman–Crippen LogP) is 5.45. The monoisotopic (exact) mass is 579 g/mol. The summed E-state index contributed by atoms with van der Waals surface area (Å²) in [5.41, 5.74) is 0.639. The van der Waals surface area contributed by atoms with Crippen LogP contribution in [0.4, 0.5) is 29.2 Å². The van der Waals surface area contributed by atoms with Crippen molar-refractivity contribution in [1.82, 2.24) is 19.9 Å². The zero-order valence-electron chi connectivity index (χ0n) is 23.5. The zero-order chi connectivity index (χ0) is 28.7. The van der Waals surface area contributed by atoms with Gasteiger partial charge in [0.1, 0.15) is 4.90 Å². The summed E-state index contributed by atoms with van der Waals surface area (Å²) < 4.78 is 25.8. The van der Waals surface area contributed by atoms with Gasteiger partial charge >= 0.3 is 10.0 Å². The van der Waals surface area contributed by atoms with Crippen LogP contribution in [0.1, 0.15) is 58.3 Å². The van der Waals surface area contributed by atoms with Gasteiger partial charge < -0.3 is 16.0 Å². The van der Waals surface area contributed by atoms with Crippen molar-refractivity contribution in [3.8, 4) is 0 Å². The molecule has 1 saturated carbocycles. The number of nitroso groups, excluding NO2 is 1. The Morgan fingerprint density at radius 2 is 1.54 bits per heavy atom. The number of rotatable bonds is 11. The van der Waals surface area contributed by atoms with Gasteiger partial charge in [-0.05, 0) is 63.0 Å². The van der Waals surface area contributed by atoms with Gasteiger partial charge in [-0.3, -0.25) is 4.90 Å². The van der Waals surface area contributed by atoms with Gasteiger partial charge in [0, 0.05) is 41.4 Å². The number of aromatic nitrogens is 3. The number of anilines is 4. The molecular weight excluding hydrogens is 540 g/mol. The van der Waals surface area contributed by atoms with Crippen LogP contribution in [0.5, 0.6) is 0 Å². The van der Waals surface area contributed by atoms with E-state index in [1.165, 1.54) is 56.4 Å². The number of likely N-dealkylation sites (N-methyl/N-ethyl adjacent to an activating group) is 1. The molecule has 0 radical (unpaired) electrons. The van der Waals surface area contributed by atoms with Crippen LogP contribution in [0.3, 0.4) is 0 Å². The average molecular weight is 580 g/mol. The summed E-state index contributed by atoms with van der Waals surface area (Å²) in [7, 11) is -4.25. The summed E-state index contributed by atoms with van der Waals surface area (Å²) in [4.78, 5) is 28.9. The zero-order valence-corrected chi connectivity index (χ0v) is 24.3. The third-order valence-corrected chi connectivity index (χ3v) is 9.33. The van der Waals surface area contributed by atoms with Gasteiger partial charge in [-0.15, -0.1) is 0 Å². The Hall–Kier alpha value is -3.64. The molecule has 1 aromatic heterocycles. The molecule has 12 heteroatoms. The molecular formula is C29H39N8O3S+. The molecule has 1 aliphatic heterocycles. The highest BCUT2D eigenvalue weighted by molar-refractivity contribution is 7.85. The van der Waals surface area contributed by atoms with Crippen molar-refractivity contribution < 1.29 is 12.6 Å². The van der Waals surface area contributed by atoms with Crippen molar-refractivity contribution in [2.45, 2.75) is 75.3 Å². The fourth-order valence-corrected chi connectivity index (χ4v) is 6.63. The van der Waals surface area contributed by atoms with Crippen LogP contribution in [0, 0.1) is 4.91 Å². The maximum absolute atomic E-state index is 12.9. The molecule has 1 atom stereocenters. The van der Waals surface area contributed by atoms with Crippen molar-refractivity contribution in [1.29, 1.82) is 0 Å². The lowest BCUT2D eigenvalue weighted by Gasteiger charge is -2.23. The SMILES string of the molecule is CCN1CCCC1CNc1nc(Nc2ccc(S(=O)(=O)[N+](=O)c3ccccc3)cc2)nc(NC2CCCCCC2)n1. The predicted molar refractivity (Wildman–Crippen MR) is 160 cm³/mol. The summed E-state index contributed by atoms with van der Waals surface area (Å²) in [6.45, 7) is 5.07. The van der Waals surface area contributed by atoms with Crippen LogP contribution in [-0.2, 0) is 10.0 Å². The van der Waals surface area contributed by atoms with E-state index >= 15 is 0 Å². The summed E-state index contributed by atoms with van der Waals surface area (Å²) in [5, 5.41) is 10.1. The maximum atomic E-state index is 12.9. The smallest absolute Gasteiger partial charge is 0.352 e. The van der Waals surface area contributed by atoms with Crippen LogP contribution >= 0.6 is 0 Å². The van der Waals surface area contributed by atoms with Gasteiger partial charge in [-0.1, -0.05) is 50.8 Å². The first-order valence-corrected chi connectivity index (χ1v) is 16.0. The molecule has 2 fully saturated rings. The Bertz CT molecular complexity index is 1410. The van der Waals surface area contributed by atoms with E-state index in [1.54, 1.807) is 30.3 Å². The molecule has 0 bridgehead atoms. The van der Waals surface area contributed by atoms with Gasteiger partial charge in [0.15, 0.2) is 4.17 Å². The van der Waals surface area contributed by atoms with Gasteiger partial charge in [-0.25, -0.2) is 0 Å². The number of para-hydroxylation sites is 1. The number of hydrogen-bond donors (Lipinski definition) is 3. The summed E-state index contributed by atoms with van der Waals surface area (Å²) in [5.74, 6) is 1.35. The third-order valence-electron chi connectivity index (χ3n) is 7.82. The Labute approximate surface area is 241 Å². The van der Waals surface area contributed by atoms with E-state index in [2.05, 4.69) is 42.7 Å². The van der Waals surface area contributed by atoms with E-state index in [-0.39, 0.29) is 14.7 Å². The number of likely N-dealkylation sites (tertiary alicyclic amines) is 1. The molecule has 0 amide bonds. The molecule has 2 aromatic carbocycles. The van der Waals surface area contributed by atoms with Gasteiger partial charge in [0.25, 0.3) is 5.69 Å². The minimum absolute atomic E-state index is 0.0365. The Morgan fingerprint density at radius 1 is 0.854 bits per heavy atom. The van der Waals surface area contributed by atoms with Gasteiger partial charge in [0.05, 0.1) is 0 Å². The Balaban J connectivity index is 1.33. The van der Waals surface area contributed by atoms with E-state index < -0.39 is 10.0 Å². The average Bonchev–Trinajstić information content (AvgIpc) is 3.30. The van der Waals surface area contributed by atoms with E-state index in [1.807, 2.05) is 0 Å². The van der Waals surface area contributed by atoms with E-state index in [4.69, 9.17) is 0 Å². The number of sulfonamides is 1. The van der Waals surface area contributed by atoms with E-state index in [0.29, 0.717) is 35.6 Å². The van der Waals surface area contributed by atoms with Crippen LogP contribution in [0.25, 0.3) is 0 Å². The van der Waals surface area contributed by atoms with E-state index in [0.717, 1.165) is 38.9 Å². The van der Waals surface area contributed by atoms with Crippen molar-refractivity contribution in [2.24, 2.45) is 0 Å². The Kier molecular flexibility index (Phi) is 9.40. The fraction of sp³-hybridized carbons (Fsp3) is 0.483. The molecule has 0 spiro atoms. The van der Waals surface area contributed by atoms with Crippen LogP contribution in [0.2, 0.25) is 0 Å². The molecule has 3 N–H and O–H groups in total. The highest BCUT2D eigenvalue weighted by Gasteiger charge is 2.34. The van der Waals surface area contributed by atoms with Crippen molar-refractivity contribution >= 4 is 39.2 Å². The van der Waals surface area contributed by atoms with Crippen LogP contribution < -0.4 is 16.0 Å². The highest BCUT2D eigenvalue weighted by atomic mass is 32.2. The van der Waals surface area contributed by atoms with Gasteiger partial charge in [-0.2, -0.15) is 23.4 Å². The number of nitrogens with one attached hydrogen (secondary N) is 3.